The SMILES string of the molecule is CC(C)Cc1nn(CC(C)C)c(-c2ccccc2)c1O. The summed E-state index contributed by atoms with van der Waals surface area (Å²) in [6, 6.07) is 10.0. The molecule has 3 nitrogen and oxygen atoms in total. The quantitative estimate of drug-likeness (QED) is 0.889. The summed E-state index contributed by atoms with van der Waals surface area (Å²) in [6.45, 7) is 9.42. The lowest BCUT2D eigenvalue weighted by molar-refractivity contribution is 0.463. The van der Waals surface area contributed by atoms with Gasteiger partial charge in [0.2, 0.25) is 0 Å². The third-order valence-corrected chi connectivity index (χ3v) is 3.18. The third-order valence-electron chi connectivity index (χ3n) is 3.18. The molecule has 3 heteroatoms. The Morgan fingerprint density at radius 1 is 1.05 bits per heavy atom. The predicted molar refractivity (Wildman–Crippen MR) is 82.7 cm³/mol. The van der Waals surface area contributed by atoms with Crippen LogP contribution in [-0.2, 0) is 13.0 Å². The summed E-state index contributed by atoms with van der Waals surface area (Å²) in [6.07, 6.45) is 0.802. The molecule has 1 heterocycles. The van der Waals surface area contributed by atoms with Crippen molar-refractivity contribution >= 4 is 0 Å². The van der Waals surface area contributed by atoms with Crippen LogP contribution in [0.25, 0.3) is 11.3 Å². The Hall–Kier alpha value is -1.77. The van der Waals surface area contributed by atoms with Crippen molar-refractivity contribution in [2.24, 2.45) is 11.8 Å². The van der Waals surface area contributed by atoms with Crippen molar-refractivity contribution in [1.82, 2.24) is 9.78 Å². The van der Waals surface area contributed by atoms with Gasteiger partial charge >= 0.3 is 0 Å². The first-order valence-corrected chi connectivity index (χ1v) is 7.33. The molecule has 1 aromatic carbocycles. The summed E-state index contributed by atoms with van der Waals surface area (Å²) >= 11 is 0. The van der Waals surface area contributed by atoms with E-state index in [-0.39, 0.29) is 0 Å². The van der Waals surface area contributed by atoms with E-state index in [1.165, 1.54) is 0 Å². The Morgan fingerprint density at radius 3 is 2.25 bits per heavy atom. The van der Waals surface area contributed by atoms with Crippen molar-refractivity contribution in [1.29, 1.82) is 0 Å². The van der Waals surface area contributed by atoms with Gasteiger partial charge in [-0.05, 0) is 18.3 Å². The summed E-state index contributed by atoms with van der Waals surface area (Å²) in [5, 5.41) is 15.2. The van der Waals surface area contributed by atoms with Crippen LogP contribution in [0, 0.1) is 11.8 Å². The van der Waals surface area contributed by atoms with Gasteiger partial charge < -0.3 is 5.11 Å². The van der Waals surface area contributed by atoms with Gasteiger partial charge in [-0.15, -0.1) is 0 Å². The van der Waals surface area contributed by atoms with Crippen LogP contribution >= 0.6 is 0 Å². The van der Waals surface area contributed by atoms with Gasteiger partial charge in [0.15, 0.2) is 5.75 Å². The lowest BCUT2D eigenvalue weighted by Gasteiger charge is -2.10. The Morgan fingerprint density at radius 2 is 1.70 bits per heavy atom. The highest BCUT2D eigenvalue weighted by atomic mass is 16.3. The van der Waals surface area contributed by atoms with Crippen LogP contribution in [0.5, 0.6) is 5.75 Å². The Labute approximate surface area is 121 Å². The fourth-order valence-electron chi connectivity index (χ4n) is 2.39. The number of hydrogen-bond acceptors (Lipinski definition) is 2. The van der Waals surface area contributed by atoms with E-state index in [2.05, 4.69) is 32.8 Å². The van der Waals surface area contributed by atoms with Gasteiger partial charge in [-0.3, -0.25) is 4.68 Å². The topological polar surface area (TPSA) is 38.0 Å². The second kappa shape index (κ2) is 6.12. The summed E-state index contributed by atoms with van der Waals surface area (Å²) in [5.41, 5.74) is 2.67. The van der Waals surface area contributed by atoms with Crippen LogP contribution in [0.4, 0.5) is 0 Å². The fraction of sp³-hybridized carbons (Fsp3) is 0.471. The first-order chi connectivity index (χ1) is 9.49. The van der Waals surface area contributed by atoms with E-state index < -0.39 is 0 Å². The number of rotatable bonds is 5. The van der Waals surface area contributed by atoms with Gasteiger partial charge in [0.25, 0.3) is 0 Å². The van der Waals surface area contributed by atoms with Crippen molar-refractivity contribution < 1.29 is 5.11 Å². The molecule has 0 unspecified atom stereocenters. The minimum atomic E-state index is 0.338. The average molecular weight is 272 g/mol. The van der Waals surface area contributed by atoms with Crippen molar-refractivity contribution in [3.05, 3.63) is 36.0 Å². The number of nitrogens with zero attached hydrogens (tertiary/aromatic N) is 2. The zero-order valence-electron chi connectivity index (χ0n) is 12.8. The predicted octanol–water partition coefficient (Wildman–Crippen LogP) is 4.11. The molecule has 0 saturated carbocycles. The second-order valence-electron chi connectivity index (χ2n) is 6.18. The molecule has 2 rings (SSSR count). The Bertz CT molecular complexity index is 556. The second-order valence-corrected chi connectivity index (χ2v) is 6.18. The van der Waals surface area contributed by atoms with Gasteiger partial charge in [0.1, 0.15) is 11.4 Å². The van der Waals surface area contributed by atoms with E-state index in [0.29, 0.717) is 17.6 Å². The summed E-state index contributed by atoms with van der Waals surface area (Å²) in [7, 11) is 0. The molecule has 0 spiro atoms. The van der Waals surface area contributed by atoms with Crippen molar-refractivity contribution in [2.45, 2.75) is 40.7 Å². The molecule has 0 fully saturated rings. The molecule has 20 heavy (non-hydrogen) atoms. The Balaban J connectivity index is 2.49. The molecular formula is C17H24N2O. The maximum atomic E-state index is 10.5. The third kappa shape index (κ3) is 3.21. The molecule has 0 aliphatic heterocycles. The van der Waals surface area contributed by atoms with Crippen LogP contribution in [0.15, 0.2) is 30.3 Å². The number of aromatic hydroxyl groups is 1. The summed E-state index contributed by atoms with van der Waals surface area (Å²) in [5.74, 6) is 1.31. The van der Waals surface area contributed by atoms with E-state index in [4.69, 9.17) is 0 Å². The molecule has 0 amide bonds. The van der Waals surface area contributed by atoms with Gasteiger partial charge in [0, 0.05) is 12.1 Å². The molecule has 108 valence electrons. The van der Waals surface area contributed by atoms with Gasteiger partial charge in [-0.2, -0.15) is 5.10 Å². The van der Waals surface area contributed by atoms with E-state index in [1.807, 2.05) is 35.0 Å². The average Bonchev–Trinajstić information content (AvgIpc) is 2.65. The van der Waals surface area contributed by atoms with E-state index in [0.717, 1.165) is 29.9 Å². The smallest absolute Gasteiger partial charge is 0.164 e. The summed E-state index contributed by atoms with van der Waals surface area (Å²) < 4.78 is 1.95. The zero-order valence-corrected chi connectivity index (χ0v) is 12.8. The maximum Gasteiger partial charge on any atom is 0.164 e. The maximum absolute atomic E-state index is 10.5. The molecule has 0 atom stereocenters. The molecule has 1 N–H and O–H groups in total. The molecule has 0 aliphatic carbocycles. The molecular weight excluding hydrogens is 248 g/mol. The van der Waals surface area contributed by atoms with Crippen LogP contribution < -0.4 is 0 Å². The monoisotopic (exact) mass is 272 g/mol. The highest BCUT2D eigenvalue weighted by Gasteiger charge is 2.19. The molecule has 0 aliphatic rings. The van der Waals surface area contributed by atoms with E-state index in [1.54, 1.807) is 0 Å². The van der Waals surface area contributed by atoms with Gasteiger partial charge in [-0.25, -0.2) is 0 Å². The van der Waals surface area contributed by atoms with Crippen molar-refractivity contribution in [3.8, 4) is 17.0 Å². The molecule has 2 aromatic rings. The normalized spacial score (nSPS) is 11.5. The van der Waals surface area contributed by atoms with Gasteiger partial charge in [-0.1, -0.05) is 58.0 Å². The van der Waals surface area contributed by atoms with Crippen LogP contribution in [0.3, 0.4) is 0 Å². The molecule has 0 radical (unpaired) electrons. The summed E-state index contributed by atoms with van der Waals surface area (Å²) in [4.78, 5) is 0. The van der Waals surface area contributed by atoms with Crippen LogP contribution in [0.2, 0.25) is 0 Å². The van der Waals surface area contributed by atoms with E-state index >= 15 is 0 Å². The van der Waals surface area contributed by atoms with E-state index in [9.17, 15) is 5.11 Å². The van der Waals surface area contributed by atoms with Gasteiger partial charge in [0.05, 0.1) is 0 Å². The largest absolute Gasteiger partial charge is 0.504 e. The number of aromatic nitrogens is 2. The lowest BCUT2D eigenvalue weighted by atomic mass is 10.1. The van der Waals surface area contributed by atoms with Crippen LogP contribution in [0.1, 0.15) is 33.4 Å². The molecule has 0 saturated heterocycles. The van der Waals surface area contributed by atoms with Crippen LogP contribution in [-0.4, -0.2) is 14.9 Å². The number of benzene rings is 1. The fourth-order valence-corrected chi connectivity index (χ4v) is 2.39. The molecule has 0 bridgehead atoms. The lowest BCUT2D eigenvalue weighted by Crippen LogP contribution is -2.08. The minimum Gasteiger partial charge on any atom is -0.504 e. The molecule has 1 aromatic heterocycles. The highest BCUT2D eigenvalue weighted by Crippen LogP contribution is 2.33. The highest BCUT2D eigenvalue weighted by molar-refractivity contribution is 5.67. The van der Waals surface area contributed by atoms with Crippen molar-refractivity contribution in [2.75, 3.05) is 0 Å². The Kier molecular flexibility index (Phi) is 4.48. The first kappa shape index (κ1) is 14.6. The standard InChI is InChI=1S/C17H24N2O/c1-12(2)10-15-17(20)16(14-8-6-5-7-9-14)19(18-15)11-13(3)4/h5-9,12-13,20H,10-11H2,1-4H3. The zero-order chi connectivity index (χ0) is 14.7. The number of hydrogen-bond donors (Lipinski definition) is 1. The van der Waals surface area contributed by atoms with Crippen molar-refractivity contribution in [3.63, 3.8) is 0 Å². The minimum absolute atomic E-state index is 0.338. The first-order valence-electron chi connectivity index (χ1n) is 7.33.